The Bertz CT molecular complexity index is 1130. The van der Waals surface area contributed by atoms with Gasteiger partial charge >= 0.3 is 0 Å². The molecule has 0 saturated heterocycles. The number of hydrazine groups is 1. The van der Waals surface area contributed by atoms with E-state index in [-0.39, 0.29) is 22.1 Å². The number of amides is 1. The second-order valence-corrected chi connectivity index (χ2v) is 7.88. The van der Waals surface area contributed by atoms with E-state index in [9.17, 15) is 17.6 Å². The van der Waals surface area contributed by atoms with Crippen LogP contribution in [0.1, 0.15) is 21.7 Å². The maximum atomic E-state index is 13.0. The van der Waals surface area contributed by atoms with E-state index in [4.69, 9.17) is 0 Å². The van der Waals surface area contributed by atoms with Gasteiger partial charge < -0.3 is 0 Å². The van der Waals surface area contributed by atoms with E-state index in [1.807, 2.05) is 0 Å². The SMILES string of the molecule is Cc1cc(C)nc(NNC(=O)c2cccc(S(=O)(=O)Nc3ccc(F)cc3)c2)n1. The molecule has 10 heteroatoms. The predicted molar refractivity (Wildman–Crippen MR) is 106 cm³/mol. The van der Waals surface area contributed by atoms with Crippen LogP contribution in [0.2, 0.25) is 0 Å². The third kappa shape index (κ3) is 5.26. The van der Waals surface area contributed by atoms with Crippen molar-refractivity contribution >= 4 is 27.6 Å². The standard InChI is InChI=1S/C19H18FN5O3S/c1-12-10-13(2)22-19(21-12)24-23-18(26)14-4-3-5-17(11-14)29(27,28)25-16-8-6-15(20)7-9-16/h3-11,25H,1-2H3,(H,23,26)(H,21,22,24). The Kier molecular flexibility index (Phi) is 5.74. The summed E-state index contributed by atoms with van der Waals surface area (Å²) in [5.41, 5.74) is 6.82. The molecule has 0 aliphatic heterocycles. The highest BCUT2D eigenvalue weighted by molar-refractivity contribution is 7.92. The van der Waals surface area contributed by atoms with Crippen molar-refractivity contribution in [3.63, 3.8) is 0 Å². The number of sulfonamides is 1. The maximum Gasteiger partial charge on any atom is 0.269 e. The van der Waals surface area contributed by atoms with Gasteiger partial charge in [0.25, 0.3) is 15.9 Å². The zero-order valence-electron chi connectivity index (χ0n) is 15.6. The molecule has 0 radical (unpaired) electrons. The molecule has 0 unspecified atom stereocenters. The van der Waals surface area contributed by atoms with Crippen molar-refractivity contribution in [1.82, 2.24) is 15.4 Å². The zero-order valence-corrected chi connectivity index (χ0v) is 16.4. The Labute approximate surface area is 167 Å². The van der Waals surface area contributed by atoms with Gasteiger partial charge in [0.05, 0.1) is 4.90 Å². The van der Waals surface area contributed by atoms with Crippen molar-refractivity contribution in [3.05, 3.63) is 77.4 Å². The number of nitrogens with one attached hydrogen (secondary N) is 3. The highest BCUT2D eigenvalue weighted by atomic mass is 32.2. The number of carbonyl (C=O) groups is 1. The van der Waals surface area contributed by atoms with Gasteiger partial charge in [0.15, 0.2) is 0 Å². The molecule has 0 atom stereocenters. The van der Waals surface area contributed by atoms with Crippen LogP contribution in [0, 0.1) is 19.7 Å². The van der Waals surface area contributed by atoms with Crippen molar-refractivity contribution in [2.75, 3.05) is 10.1 Å². The Morgan fingerprint density at radius 1 is 0.966 bits per heavy atom. The van der Waals surface area contributed by atoms with Crippen molar-refractivity contribution in [2.24, 2.45) is 0 Å². The molecule has 1 aromatic heterocycles. The first kappa shape index (κ1) is 20.2. The number of hydrogen-bond acceptors (Lipinski definition) is 6. The van der Waals surface area contributed by atoms with Gasteiger partial charge in [0.1, 0.15) is 5.82 Å². The predicted octanol–water partition coefficient (Wildman–Crippen LogP) is 2.79. The normalized spacial score (nSPS) is 11.0. The number of rotatable bonds is 6. The molecule has 150 valence electrons. The van der Waals surface area contributed by atoms with Crippen LogP contribution in [0.15, 0.2) is 59.5 Å². The lowest BCUT2D eigenvalue weighted by molar-refractivity contribution is 0.0962. The smallest absolute Gasteiger partial charge is 0.269 e. The average Bonchev–Trinajstić information content (AvgIpc) is 2.67. The van der Waals surface area contributed by atoms with Crippen molar-refractivity contribution in [3.8, 4) is 0 Å². The maximum absolute atomic E-state index is 13.0. The second-order valence-electron chi connectivity index (χ2n) is 6.19. The number of nitrogens with zero attached hydrogens (tertiary/aromatic N) is 2. The van der Waals surface area contributed by atoms with Gasteiger partial charge in [-0.3, -0.25) is 20.4 Å². The fourth-order valence-electron chi connectivity index (χ4n) is 2.50. The third-order valence-electron chi connectivity index (χ3n) is 3.77. The molecule has 2 aromatic carbocycles. The van der Waals surface area contributed by atoms with Crippen molar-refractivity contribution < 1.29 is 17.6 Å². The first-order valence-corrected chi connectivity index (χ1v) is 9.98. The van der Waals surface area contributed by atoms with Crippen LogP contribution in [0.25, 0.3) is 0 Å². The summed E-state index contributed by atoms with van der Waals surface area (Å²) in [6, 6.07) is 12.2. The van der Waals surface area contributed by atoms with Crippen LogP contribution in [0.4, 0.5) is 16.0 Å². The summed E-state index contributed by atoms with van der Waals surface area (Å²) in [7, 11) is -3.96. The topological polar surface area (TPSA) is 113 Å². The number of hydrogen-bond donors (Lipinski definition) is 3. The van der Waals surface area contributed by atoms with Crippen LogP contribution in [0.3, 0.4) is 0 Å². The monoisotopic (exact) mass is 415 g/mol. The quantitative estimate of drug-likeness (QED) is 0.534. The van der Waals surface area contributed by atoms with E-state index in [0.717, 1.165) is 23.5 Å². The van der Waals surface area contributed by atoms with Crippen LogP contribution in [0.5, 0.6) is 0 Å². The first-order valence-electron chi connectivity index (χ1n) is 8.50. The fourth-order valence-corrected chi connectivity index (χ4v) is 3.61. The lowest BCUT2D eigenvalue weighted by Gasteiger charge is -2.11. The Hall–Kier alpha value is -3.53. The minimum atomic E-state index is -3.96. The van der Waals surface area contributed by atoms with Gasteiger partial charge in [-0.1, -0.05) is 6.07 Å². The molecule has 3 aromatic rings. The summed E-state index contributed by atoms with van der Waals surface area (Å²) in [6.45, 7) is 3.59. The van der Waals surface area contributed by atoms with Crippen LogP contribution in [-0.4, -0.2) is 24.3 Å². The summed E-state index contributed by atoms with van der Waals surface area (Å²) in [6.07, 6.45) is 0. The third-order valence-corrected chi connectivity index (χ3v) is 5.15. The Morgan fingerprint density at radius 3 is 2.28 bits per heavy atom. The van der Waals surface area contributed by atoms with E-state index >= 15 is 0 Å². The summed E-state index contributed by atoms with van der Waals surface area (Å²) in [4.78, 5) is 20.5. The summed E-state index contributed by atoms with van der Waals surface area (Å²) in [5.74, 6) is -0.823. The molecule has 0 fully saturated rings. The minimum Gasteiger partial charge on any atom is -0.280 e. The van der Waals surface area contributed by atoms with E-state index in [1.165, 1.54) is 36.4 Å². The van der Waals surface area contributed by atoms with E-state index in [1.54, 1.807) is 19.9 Å². The lowest BCUT2D eigenvalue weighted by atomic mass is 10.2. The van der Waals surface area contributed by atoms with Gasteiger partial charge in [0.2, 0.25) is 5.95 Å². The highest BCUT2D eigenvalue weighted by Crippen LogP contribution is 2.17. The van der Waals surface area contributed by atoms with E-state index in [0.29, 0.717) is 0 Å². The molecule has 0 bridgehead atoms. The highest BCUT2D eigenvalue weighted by Gasteiger charge is 2.17. The molecule has 3 rings (SSSR count). The molecule has 8 nitrogen and oxygen atoms in total. The molecular weight excluding hydrogens is 397 g/mol. The Balaban J connectivity index is 1.73. The van der Waals surface area contributed by atoms with Crippen molar-refractivity contribution in [1.29, 1.82) is 0 Å². The van der Waals surface area contributed by atoms with Crippen molar-refractivity contribution in [2.45, 2.75) is 18.7 Å². The number of anilines is 2. The van der Waals surface area contributed by atoms with Crippen LogP contribution in [-0.2, 0) is 10.0 Å². The van der Waals surface area contributed by atoms with Gasteiger partial charge in [-0.25, -0.2) is 22.8 Å². The minimum absolute atomic E-state index is 0.114. The van der Waals surface area contributed by atoms with Gasteiger partial charge in [0, 0.05) is 22.6 Å². The molecule has 0 spiro atoms. The second kappa shape index (κ2) is 8.23. The van der Waals surface area contributed by atoms with Crippen LogP contribution < -0.4 is 15.6 Å². The average molecular weight is 415 g/mol. The summed E-state index contributed by atoms with van der Waals surface area (Å²) < 4.78 is 40.4. The molecule has 0 aliphatic rings. The first-order chi connectivity index (χ1) is 13.7. The molecule has 0 saturated carbocycles. The summed E-state index contributed by atoms with van der Waals surface area (Å²) >= 11 is 0. The zero-order chi connectivity index (χ0) is 21.0. The van der Waals surface area contributed by atoms with E-state index in [2.05, 4.69) is 25.5 Å². The number of aromatic nitrogens is 2. The number of carbonyl (C=O) groups excluding carboxylic acids is 1. The number of benzene rings is 2. The lowest BCUT2D eigenvalue weighted by Crippen LogP contribution is -2.30. The number of halogens is 1. The van der Waals surface area contributed by atoms with Gasteiger partial charge in [-0.2, -0.15) is 0 Å². The molecule has 1 heterocycles. The Morgan fingerprint density at radius 2 is 1.62 bits per heavy atom. The molecular formula is C19H18FN5O3S. The molecule has 0 aliphatic carbocycles. The molecule has 3 N–H and O–H groups in total. The van der Waals surface area contributed by atoms with Gasteiger partial charge in [-0.05, 0) is 62.4 Å². The largest absolute Gasteiger partial charge is 0.280 e. The fraction of sp³-hybridized carbons (Fsp3) is 0.105. The molecule has 29 heavy (non-hydrogen) atoms. The van der Waals surface area contributed by atoms with E-state index < -0.39 is 21.7 Å². The number of aryl methyl sites for hydroxylation is 2. The molecule has 1 amide bonds. The van der Waals surface area contributed by atoms with Crippen LogP contribution >= 0.6 is 0 Å². The van der Waals surface area contributed by atoms with Gasteiger partial charge in [-0.15, -0.1) is 0 Å². The summed E-state index contributed by atoms with van der Waals surface area (Å²) in [5, 5.41) is 0.